The fourth-order valence-electron chi connectivity index (χ4n) is 0.829. The van der Waals surface area contributed by atoms with Gasteiger partial charge in [-0.2, -0.15) is 0 Å². The van der Waals surface area contributed by atoms with Crippen molar-refractivity contribution in [3.8, 4) is 0 Å². The van der Waals surface area contributed by atoms with E-state index < -0.39 is 12.1 Å². The van der Waals surface area contributed by atoms with Crippen LogP contribution in [-0.4, -0.2) is 17.7 Å². The summed E-state index contributed by atoms with van der Waals surface area (Å²) in [6, 6.07) is 1.78. The molecule has 0 aliphatic rings. The van der Waals surface area contributed by atoms with Crippen LogP contribution in [0.2, 0.25) is 0 Å². The van der Waals surface area contributed by atoms with Gasteiger partial charge in [0, 0.05) is 4.47 Å². The minimum absolute atomic E-state index is 0.277. The van der Waals surface area contributed by atoms with Crippen LogP contribution < -0.4 is 0 Å². The Kier molecular flexibility index (Phi) is 3.90. The van der Waals surface area contributed by atoms with Crippen molar-refractivity contribution in [2.75, 3.05) is 6.61 Å². The van der Waals surface area contributed by atoms with Gasteiger partial charge >= 0.3 is 5.97 Å². The number of thiophene rings is 1. The lowest BCUT2D eigenvalue weighted by Gasteiger charge is -2.07. The zero-order valence-electron chi connectivity index (χ0n) is 6.99. The number of halogens is 1. The number of rotatable bonds is 3. The molecular formula is C8H9BrO3S. The van der Waals surface area contributed by atoms with Crippen LogP contribution in [0, 0.1) is 0 Å². The van der Waals surface area contributed by atoms with E-state index in [2.05, 4.69) is 20.7 Å². The maximum absolute atomic E-state index is 11.1. The maximum Gasteiger partial charge on any atom is 0.340 e. The summed E-state index contributed by atoms with van der Waals surface area (Å²) in [5.41, 5.74) is 0. The number of ether oxygens (including phenoxy) is 1. The number of hydrogen-bond donors (Lipinski definition) is 1. The highest BCUT2D eigenvalue weighted by Crippen LogP contribution is 2.29. The zero-order chi connectivity index (χ0) is 9.84. The molecule has 1 atom stereocenters. The van der Waals surface area contributed by atoms with Crippen molar-refractivity contribution in [1.29, 1.82) is 0 Å². The van der Waals surface area contributed by atoms with Crippen LogP contribution in [0.5, 0.6) is 0 Å². The third-order valence-electron chi connectivity index (χ3n) is 1.40. The fraction of sp³-hybridized carbons (Fsp3) is 0.375. The second-order valence-electron chi connectivity index (χ2n) is 2.29. The molecule has 13 heavy (non-hydrogen) atoms. The number of aliphatic hydroxyl groups excluding tert-OH is 1. The van der Waals surface area contributed by atoms with Crippen molar-refractivity contribution in [3.05, 3.63) is 20.8 Å². The second kappa shape index (κ2) is 4.74. The van der Waals surface area contributed by atoms with E-state index in [4.69, 9.17) is 0 Å². The molecule has 1 rings (SSSR count). The van der Waals surface area contributed by atoms with E-state index in [1.54, 1.807) is 18.4 Å². The first kappa shape index (κ1) is 10.7. The molecule has 0 aliphatic carbocycles. The smallest absolute Gasteiger partial charge is 0.340 e. The predicted octanol–water partition coefficient (Wildman–Crippen LogP) is 2.11. The Balaban J connectivity index is 2.73. The Morgan fingerprint density at radius 1 is 1.85 bits per heavy atom. The Labute approximate surface area is 88.5 Å². The van der Waals surface area contributed by atoms with Gasteiger partial charge in [-0.1, -0.05) is 0 Å². The first-order chi connectivity index (χ1) is 6.16. The van der Waals surface area contributed by atoms with Gasteiger partial charge in [-0.3, -0.25) is 0 Å². The molecule has 0 radical (unpaired) electrons. The Hall–Kier alpha value is -0.390. The molecule has 1 aromatic heterocycles. The first-order valence-corrected chi connectivity index (χ1v) is 5.41. The minimum atomic E-state index is -1.17. The highest BCUT2D eigenvalue weighted by atomic mass is 79.9. The molecule has 0 saturated heterocycles. The van der Waals surface area contributed by atoms with Crippen molar-refractivity contribution in [2.45, 2.75) is 13.0 Å². The van der Waals surface area contributed by atoms with Gasteiger partial charge in [0.05, 0.1) is 11.5 Å². The van der Waals surface area contributed by atoms with E-state index in [0.717, 1.165) is 4.47 Å². The van der Waals surface area contributed by atoms with Crippen LogP contribution in [0.1, 0.15) is 17.9 Å². The first-order valence-electron chi connectivity index (χ1n) is 3.74. The van der Waals surface area contributed by atoms with E-state index in [1.165, 1.54) is 11.3 Å². The highest BCUT2D eigenvalue weighted by Gasteiger charge is 2.21. The van der Waals surface area contributed by atoms with Crippen molar-refractivity contribution < 1.29 is 14.6 Å². The number of carbonyl (C=O) groups excluding carboxylic acids is 1. The summed E-state index contributed by atoms with van der Waals surface area (Å²) in [6.07, 6.45) is -1.17. The SMILES string of the molecule is CCOC(=O)C(O)c1sccc1Br. The van der Waals surface area contributed by atoms with Crippen molar-refractivity contribution in [3.63, 3.8) is 0 Å². The van der Waals surface area contributed by atoms with Gasteiger partial charge in [0.1, 0.15) is 0 Å². The largest absolute Gasteiger partial charge is 0.464 e. The van der Waals surface area contributed by atoms with E-state index in [1.807, 2.05) is 0 Å². The second-order valence-corrected chi connectivity index (χ2v) is 4.09. The van der Waals surface area contributed by atoms with Crippen LogP contribution in [0.25, 0.3) is 0 Å². The van der Waals surface area contributed by atoms with Gasteiger partial charge in [-0.15, -0.1) is 11.3 Å². The van der Waals surface area contributed by atoms with Crippen LogP contribution in [0.4, 0.5) is 0 Å². The molecule has 5 heteroatoms. The number of esters is 1. The molecule has 0 bridgehead atoms. The van der Waals surface area contributed by atoms with Gasteiger partial charge in [-0.25, -0.2) is 4.79 Å². The quantitative estimate of drug-likeness (QED) is 0.851. The molecule has 1 N–H and O–H groups in total. The summed E-state index contributed by atoms with van der Waals surface area (Å²) in [5, 5.41) is 11.3. The zero-order valence-corrected chi connectivity index (χ0v) is 9.39. The van der Waals surface area contributed by atoms with E-state index in [-0.39, 0.29) is 6.61 Å². The summed E-state index contributed by atoms with van der Waals surface area (Å²) in [7, 11) is 0. The molecule has 0 aromatic carbocycles. The number of carbonyl (C=O) groups is 1. The molecule has 1 unspecified atom stereocenters. The van der Waals surface area contributed by atoms with Gasteiger partial charge < -0.3 is 9.84 Å². The summed E-state index contributed by atoms with van der Waals surface area (Å²) in [4.78, 5) is 11.7. The summed E-state index contributed by atoms with van der Waals surface area (Å²) in [5.74, 6) is -0.606. The minimum Gasteiger partial charge on any atom is -0.464 e. The van der Waals surface area contributed by atoms with Crippen molar-refractivity contribution in [2.24, 2.45) is 0 Å². The van der Waals surface area contributed by atoms with Gasteiger partial charge in [0.25, 0.3) is 0 Å². The van der Waals surface area contributed by atoms with E-state index in [9.17, 15) is 9.90 Å². The predicted molar refractivity (Wildman–Crippen MR) is 53.6 cm³/mol. The van der Waals surface area contributed by atoms with Crippen molar-refractivity contribution in [1.82, 2.24) is 0 Å². The lowest BCUT2D eigenvalue weighted by atomic mass is 10.3. The topological polar surface area (TPSA) is 46.5 Å². The molecule has 1 aromatic rings. The third-order valence-corrected chi connectivity index (χ3v) is 3.33. The van der Waals surface area contributed by atoms with E-state index >= 15 is 0 Å². The lowest BCUT2D eigenvalue weighted by Crippen LogP contribution is -2.14. The van der Waals surface area contributed by atoms with Crippen LogP contribution >= 0.6 is 27.3 Å². The molecule has 0 spiro atoms. The Bertz CT molecular complexity index is 297. The van der Waals surface area contributed by atoms with Crippen LogP contribution in [0.15, 0.2) is 15.9 Å². The van der Waals surface area contributed by atoms with Crippen LogP contribution in [-0.2, 0) is 9.53 Å². The van der Waals surface area contributed by atoms with Crippen LogP contribution in [0.3, 0.4) is 0 Å². The molecule has 0 amide bonds. The third kappa shape index (κ3) is 2.52. The van der Waals surface area contributed by atoms with Crippen molar-refractivity contribution >= 4 is 33.2 Å². The standard InChI is InChI=1S/C8H9BrO3S/c1-2-12-8(11)6(10)7-5(9)3-4-13-7/h3-4,6,10H,2H2,1H3. The molecule has 0 aliphatic heterocycles. The van der Waals surface area contributed by atoms with E-state index in [0.29, 0.717) is 4.88 Å². The highest BCUT2D eigenvalue weighted by molar-refractivity contribution is 9.10. The van der Waals surface area contributed by atoms with Gasteiger partial charge in [0.15, 0.2) is 6.10 Å². The normalized spacial score (nSPS) is 12.5. The van der Waals surface area contributed by atoms with Gasteiger partial charge in [-0.05, 0) is 34.3 Å². The number of hydrogen-bond acceptors (Lipinski definition) is 4. The monoisotopic (exact) mass is 264 g/mol. The molecule has 3 nitrogen and oxygen atoms in total. The Morgan fingerprint density at radius 2 is 2.54 bits per heavy atom. The average molecular weight is 265 g/mol. The molecule has 0 fully saturated rings. The molecular weight excluding hydrogens is 256 g/mol. The summed E-state index contributed by atoms with van der Waals surface area (Å²) in [6.45, 7) is 1.98. The summed E-state index contributed by atoms with van der Waals surface area (Å²) < 4.78 is 5.41. The summed E-state index contributed by atoms with van der Waals surface area (Å²) >= 11 is 4.54. The lowest BCUT2D eigenvalue weighted by molar-refractivity contribution is -0.153. The molecule has 0 saturated carbocycles. The molecule has 1 heterocycles. The average Bonchev–Trinajstić information content (AvgIpc) is 2.50. The maximum atomic E-state index is 11.1. The molecule has 72 valence electrons. The fourth-order valence-corrected chi connectivity index (χ4v) is 2.39. The Morgan fingerprint density at radius 3 is 3.00 bits per heavy atom. The van der Waals surface area contributed by atoms with Gasteiger partial charge in [0.2, 0.25) is 0 Å². The number of aliphatic hydroxyl groups is 1.